The van der Waals surface area contributed by atoms with Gasteiger partial charge in [-0.2, -0.15) is 5.10 Å². The van der Waals surface area contributed by atoms with Crippen molar-refractivity contribution >= 4 is 11.9 Å². The maximum atomic E-state index is 12.9. The lowest BCUT2D eigenvalue weighted by Crippen LogP contribution is -2.02. The summed E-state index contributed by atoms with van der Waals surface area (Å²) in [4.78, 5) is 12.9. The number of para-hydroxylation sites is 2. The second-order valence-corrected chi connectivity index (χ2v) is 6.77. The van der Waals surface area contributed by atoms with Crippen molar-refractivity contribution in [1.82, 2.24) is 9.78 Å². The van der Waals surface area contributed by atoms with E-state index in [1.807, 2.05) is 77.6 Å². The summed E-state index contributed by atoms with van der Waals surface area (Å²) in [6, 6.07) is 26.8. The third-order valence-corrected chi connectivity index (χ3v) is 4.69. The Morgan fingerprint density at radius 1 is 0.968 bits per heavy atom. The van der Waals surface area contributed by atoms with E-state index in [1.165, 1.54) is 6.08 Å². The van der Waals surface area contributed by atoms with E-state index in [0.29, 0.717) is 11.3 Å². The van der Waals surface area contributed by atoms with Crippen LogP contribution in [0.1, 0.15) is 15.9 Å². The molecule has 0 saturated carbocycles. The number of ether oxygens (including phenoxy) is 1. The molecule has 0 aliphatic carbocycles. The van der Waals surface area contributed by atoms with Gasteiger partial charge in [-0.3, -0.25) is 4.79 Å². The van der Waals surface area contributed by atoms with E-state index in [9.17, 15) is 4.79 Å². The Bertz CT molecular complexity index is 1250. The molecule has 3 aromatic carbocycles. The fourth-order valence-electron chi connectivity index (χ4n) is 3.21. The fourth-order valence-corrected chi connectivity index (χ4v) is 3.21. The second kappa shape index (κ2) is 9.43. The normalized spacial score (nSPS) is 10.7. The molecule has 0 unspecified atom stereocenters. The summed E-state index contributed by atoms with van der Waals surface area (Å²) in [5, 5.41) is 4.77. The standard InChI is InChI=1S/C27H20N2O2/c1-2-19-31-26-16-10-9-15-24(26)25(30)18-17-22-20-29(23-13-7-4-8-14-23)28-27(22)21-11-5-3-6-12-21/h1,3-18,20H,19H2/b18-17+. The predicted molar refractivity (Wildman–Crippen MR) is 123 cm³/mol. The third-order valence-electron chi connectivity index (χ3n) is 4.69. The number of carbonyl (C=O) groups is 1. The average molecular weight is 404 g/mol. The zero-order chi connectivity index (χ0) is 21.5. The van der Waals surface area contributed by atoms with Gasteiger partial charge in [-0.05, 0) is 36.4 Å². The molecule has 4 heteroatoms. The number of rotatable bonds is 7. The molecular formula is C27H20N2O2. The van der Waals surface area contributed by atoms with Crippen LogP contribution in [-0.4, -0.2) is 22.2 Å². The van der Waals surface area contributed by atoms with E-state index in [4.69, 9.17) is 16.3 Å². The first-order valence-corrected chi connectivity index (χ1v) is 9.84. The molecule has 0 atom stereocenters. The smallest absolute Gasteiger partial charge is 0.189 e. The Morgan fingerprint density at radius 2 is 1.65 bits per heavy atom. The maximum Gasteiger partial charge on any atom is 0.189 e. The van der Waals surface area contributed by atoms with Gasteiger partial charge >= 0.3 is 0 Å². The van der Waals surface area contributed by atoms with Gasteiger partial charge in [0.05, 0.1) is 16.9 Å². The molecule has 150 valence electrons. The predicted octanol–water partition coefficient (Wildman–Crippen LogP) is 5.45. The first-order chi connectivity index (χ1) is 15.3. The van der Waals surface area contributed by atoms with Gasteiger partial charge in [0, 0.05) is 17.3 Å². The first kappa shape index (κ1) is 19.9. The number of benzene rings is 3. The minimum absolute atomic E-state index is 0.107. The van der Waals surface area contributed by atoms with Crippen LogP contribution in [0.15, 0.2) is 97.2 Å². The summed E-state index contributed by atoms with van der Waals surface area (Å²) in [6.07, 6.45) is 10.5. The van der Waals surface area contributed by atoms with Crippen LogP contribution in [0.4, 0.5) is 0 Å². The van der Waals surface area contributed by atoms with Crippen molar-refractivity contribution in [2.24, 2.45) is 0 Å². The third kappa shape index (κ3) is 4.63. The molecule has 0 aliphatic rings. The van der Waals surface area contributed by atoms with Crippen LogP contribution >= 0.6 is 0 Å². The molecule has 0 amide bonds. The topological polar surface area (TPSA) is 44.1 Å². The van der Waals surface area contributed by atoms with Crippen LogP contribution in [-0.2, 0) is 0 Å². The average Bonchev–Trinajstić information content (AvgIpc) is 3.27. The molecule has 0 saturated heterocycles. The highest BCUT2D eigenvalue weighted by Gasteiger charge is 2.13. The Kier molecular flexibility index (Phi) is 6.06. The fraction of sp³-hybridized carbons (Fsp3) is 0.0370. The number of ketones is 1. The number of carbonyl (C=O) groups excluding carboxylic acids is 1. The summed E-state index contributed by atoms with van der Waals surface area (Å²) in [5.41, 5.74) is 4.02. The molecule has 4 aromatic rings. The lowest BCUT2D eigenvalue weighted by Gasteiger charge is -2.06. The van der Waals surface area contributed by atoms with E-state index in [0.717, 1.165) is 22.5 Å². The highest BCUT2D eigenvalue weighted by molar-refractivity contribution is 6.08. The quantitative estimate of drug-likeness (QED) is 0.234. The number of terminal acetylenes is 1. The van der Waals surface area contributed by atoms with Crippen molar-refractivity contribution in [3.05, 3.63) is 108 Å². The van der Waals surface area contributed by atoms with Crippen molar-refractivity contribution < 1.29 is 9.53 Å². The van der Waals surface area contributed by atoms with Crippen molar-refractivity contribution in [3.63, 3.8) is 0 Å². The molecule has 0 radical (unpaired) electrons. The Hall–Kier alpha value is -4.36. The van der Waals surface area contributed by atoms with Crippen molar-refractivity contribution in [2.75, 3.05) is 6.61 Å². The largest absolute Gasteiger partial charge is 0.480 e. The van der Waals surface area contributed by atoms with E-state index >= 15 is 0 Å². The summed E-state index contributed by atoms with van der Waals surface area (Å²) >= 11 is 0. The highest BCUT2D eigenvalue weighted by atomic mass is 16.5. The lowest BCUT2D eigenvalue weighted by atomic mass is 10.1. The summed E-state index contributed by atoms with van der Waals surface area (Å²) in [6.45, 7) is 0.107. The van der Waals surface area contributed by atoms with Crippen LogP contribution in [0.2, 0.25) is 0 Å². The van der Waals surface area contributed by atoms with Crippen LogP contribution in [0, 0.1) is 12.3 Å². The maximum absolute atomic E-state index is 12.9. The monoisotopic (exact) mass is 404 g/mol. The van der Waals surface area contributed by atoms with E-state index in [-0.39, 0.29) is 12.4 Å². The Balaban J connectivity index is 1.69. The van der Waals surface area contributed by atoms with Crippen molar-refractivity contribution in [1.29, 1.82) is 0 Å². The molecule has 0 bridgehead atoms. The molecule has 1 aromatic heterocycles. The highest BCUT2D eigenvalue weighted by Crippen LogP contribution is 2.25. The first-order valence-electron chi connectivity index (χ1n) is 9.84. The molecule has 4 rings (SSSR count). The summed E-state index contributed by atoms with van der Waals surface area (Å²) in [5.74, 6) is 2.72. The SMILES string of the molecule is C#CCOc1ccccc1C(=O)/C=C/c1cn(-c2ccccc2)nc1-c1ccccc1. The Labute approximate surface area is 181 Å². The minimum Gasteiger partial charge on any atom is -0.480 e. The molecule has 31 heavy (non-hydrogen) atoms. The van der Waals surface area contributed by atoms with Gasteiger partial charge in [0.2, 0.25) is 0 Å². The van der Waals surface area contributed by atoms with Gasteiger partial charge in [-0.15, -0.1) is 6.42 Å². The van der Waals surface area contributed by atoms with Crippen LogP contribution in [0.3, 0.4) is 0 Å². The number of hydrogen-bond acceptors (Lipinski definition) is 3. The number of nitrogens with zero attached hydrogens (tertiary/aromatic N) is 2. The van der Waals surface area contributed by atoms with Crippen LogP contribution in [0.25, 0.3) is 23.0 Å². The Morgan fingerprint density at radius 3 is 2.39 bits per heavy atom. The van der Waals surface area contributed by atoms with E-state index < -0.39 is 0 Å². The molecule has 4 nitrogen and oxygen atoms in total. The summed E-state index contributed by atoms with van der Waals surface area (Å²) in [7, 11) is 0. The molecule has 1 heterocycles. The second-order valence-electron chi connectivity index (χ2n) is 6.77. The zero-order valence-corrected chi connectivity index (χ0v) is 16.8. The zero-order valence-electron chi connectivity index (χ0n) is 16.8. The van der Waals surface area contributed by atoms with Crippen LogP contribution < -0.4 is 4.74 Å². The lowest BCUT2D eigenvalue weighted by molar-refractivity contribution is 0.104. The molecular weight excluding hydrogens is 384 g/mol. The molecule has 0 aliphatic heterocycles. The van der Waals surface area contributed by atoms with Gasteiger partial charge < -0.3 is 4.74 Å². The van der Waals surface area contributed by atoms with Gasteiger partial charge in [0.15, 0.2) is 5.78 Å². The summed E-state index contributed by atoms with van der Waals surface area (Å²) < 4.78 is 7.32. The van der Waals surface area contributed by atoms with Gasteiger partial charge in [0.25, 0.3) is 0 Å². The van der Waals surface area contributed by atoms with Gasteiger partial charge in [0.1, 0.15) is 12.4 Å². The van der Waals surface area contributed by atoms with Gasteiger partial charge in [-0.25, -0.2) is 4.68 Å². The molecule has 0 N–H and O–H groups in total. The molecule has 0 fully saturated rings. The van der Waals surface area contributed by atoms with Gasteiger partial charge in [-0.1, -0.05) is 66.6 Å². The van der Waals surface area contributed by atoms with Crippen molar-refractivity contribution in [3.8, 4) is 35.0 Å². The van der Waals surface area contributed by atoms with Crippen LogP contribution in [0.5, 0.6) is 5.75 Å². The number of allylic oxidation sites excluding steroid dienone is 1. The van der Waals surface area contributed by atoms with E-state index in [1.54, 1.807) is 24.3 Å². The minimum atomic E-state index is -0.168. The number of hydrogen-bond donors (Lipinski definition) is 0. The van der Waals surface area contributed by atoms with E-state index in [2.05, 4.69) is 5.92 Å². The van der Waals surface area contributed by atoms with Crippen molar-refractivity contribution in [2.45, 2.75) is 0 Å². The molecule has 0 spiro atoms. The number of aromatic nitrogens is 2.